The largest absolute Gasteiger partial charge is 0.375 e. The highest BCUT2D eigenvalue weighted by molar-refractivity contribution is 4.96. The lowest BCUT2D eigenvalue weighted by molar-refractivity contribution is -0.154. The Balaban J connectivity index is 1.64. The van der Waals surface area contributed by atoms with Gasteiger partial charge in [-0.25, -0.2) is 0 Å². The monoisotopic (exact) mass is 251 g/mol. The summed E-state index contributed by atoms with van der Waals surface area (Å²) in [4.78, 5) is 0. The van der Waals surface area contributed by atoms with Gasteiger partial charge >= 0.3 is 0 Å². The quantitative estimate of drug-likeness (QED) is 0.830. The molecule has 0 aromatic heterocycles. The van der Waals surface area contributed by atoms with Gasteiger partial charge in [0.2, 0.25) is 0 Å². The highest BCUT2D eigenvalue weighted by atomic mass is 16.5. The lowest BCUT2D eigenvalue weighted by atomic mass is 9.64. The lowest BCUT2D eigenvalue weighted by Gasteiger charge is -2.50. The lowest BCUT2D eigenvalue weighted by Crippen LogP contribution is -2.48. The zero-order chi connectivity index (χ0) is 12.4. The fraction of sp³-hybridized carbons (Fsp3) is 1.00. The van der Waals surface area contributed by atoms with E-state index in [1.165, 1.54) is 64.3 Å². The van der Waals surface area contributed by atoms with E-state index in [-0.39, 0.29) is 0 Å². The summed E-state index contributed by atoms with van der Waals surface area (Å²) >= 11 is 0. The molecule has 0 aromatic carbocycles. The zero-order valence-electron chi connectivity index (χ0n) is 11.9. The van der Waals surface area contributed by atoms with Crippen molar-refractivity contribution >= 4 is 0 Å². The van der Waals surface area contributed by atoms with E-state index in [0.717, 1.165) is 24.4 Å². The Morgan fingerprint density at radius 2 is 1.94 bits per heavy atom. The van der Waals surface area contributed by atoms with E-state index >= 15 is 0 Å². The molecule has 0 aromatic rings. The van der Waals surface area contributed by atoms with E-state index in [4.69, 9.17) is 4.74 Å². The van der Waals surface area contributed by atoms with Crippen LogP contribution < -0.4 is 5.32 Å². The van der Waals surface area contributed by atoms with Crippen LogP contribution in [0.4, 0.5) is 0 Å². The van der Waals surface area contributed by atoms with Crippen LogP contribution in [-0.2, 0) is 4.74 Å². The minimum atomic E-state index is 0.338. The molecule has 2 saturated carbocycles. The van der Waals surface area contributed by atoms with Crippen LogP contribution in [-0.4, -0.2) is 25.8 Å². The van der Waals surface area contributed by atoms with Crippen molar-refractivity contribution < 1.29 is 4.74 Å². The van der Waals surface area contributed by atoms with Crippen molar-refractivity contribution in [2.75, 3.05) is 20.2 Å². The van der Waals surface area contributed by atoms with Gasteiger partial charge in [0, 0.05) is 6.61 Å². The molecule has 3 rings (SSSR count). The highest BCUT2D eigenvalue weighted by Gasteiger charge is 2.45. The van der Waals surface area contributed by atoms with Crippen LogP contribution in [0.2, 0.25) is 0 Å². The van der Waals surface area contributed by atoms with Crippen LogP contribution in [0.15, 0.2) is 0 Å². The molecule has 1 N–H and O–H groups in total. The molecular weight excluding hydrogens is 222 g/mol. The first kappa shape index (κ1) is 12.9. The maximum absolute atomic E-state index is 6.10. The van der Waals surface area contributed by atoms with Crippen LogP contribution in [0.5, 0.6) is 0 Å². The molecule has 1 heterocycles. The molecule has 0 bridgehead atoms. The number of hydrogen-bond acceptors (Lipinski definition) is 2. The normalized spacial score (nSPS) is 39.5. The van der Waals surface area contributed by atoms with Crippen molar-refractivity contribution in [3.05, 3.63) is 0 Å². The minimum absolute atomic E-state index is 0.338. The maximum atomic E-state index is 6.10. The molecule has 1 spiro atoms. The van der Waals surface area contributed by atoms with E-state index < -0.39 is 0 Å². The average Bonchev–Trinajstić information content (AvgIpc) is 2.38. The van der Waals surface area contributed by atoms with Crippen LogP contribution >= 0.6 is 0 Å². The second kappa shape index (κ2) is 5.50. The van der Waals surface area contributed by atoms with Gasteiger partial charge < -0.3 is 10.1 Å². The number of rotatable bonds is 3. The van der Waals surface area contributed by atoms with Gasteiger partial charge in [-0.3, -0.25) is 0 Å². The molecule has 3 atom stereocenters. The predicted molar refractivity (Wildman–Crippen MR) is 74.6 cm³/mol. The molecule has 2 aliphatic carbocycles. The summed E-state index contributed by atoms with van der Waals surface area (Å²) in [5.74, 6) is 2.87. The molecule has 3 unspecified atom stereocenters. The molecule has 3 aliphatic rings. The predicted octanol–water partition coefficient (Wildman–Crippen LogP) is 3.36. The Bertz CT molecular complexity index is 272. The Hall–Kier alpha value is -0.0800. The molecule has 1 saturated heterocycles. The summed E-state index contributed by atoms with van der Waals surface area (Å²) in [6.07, 6.45) is 12.6. The molecule has 0 radical (unpaired) electrons. The van der Waals surface area contributed by atoms with Crippen molar-refractivity contribution in [2.24, 2.45) is 17.8 Å². The van der Waals surface area contributed by atoms with Gasteiger partial charge in [0.25, 0.3) is 0 Å². The minimum Gasteiger partial charge on any atom is -0.375 e. The highest BCUT2D eigenvalue weighted by Crippen LogP contribution is 2.49. The second-order valence-corrected chi connectivity index (χ2v) is 6.90. The Morgan fingerprint density at radius 3 is 2.67 bits per heavy atom. The average molecular weight is 251 g/mol. The third kappa shape index (κ3) is 2.46. The van der Waals surface area contributed by atoms with Gasteiger partial charge in [0.05, 0.1) is 5.60 Å². The van der Waals surface area contributed by atoms with E-state index in [2.05, 4.69) is 12.4 Å². The molecule has 2 heteroatoms. The molecule has 2 nitrogen and oxygen atoms in total. The van der Waals surface area contributed by atoms with Gasteiger partial charge in [-0.2, -0.15) is 0 Å². The van der Waals surface area contributed by atoms with Crippen molar-refractivity contribution in [2.45, 2.75) is 63.4 Å². The second-order valence-electron chi connectivity index (χ2n) is 6.90. The van der Waals surface area contributed by atoms with Crippen LogP contribution in [0, 0.1) is 17.8 Å². The van der Waals surface area contributed by atoms with Gasteiger partial charge in [-0.15, -0.1) is 0 Å². The fourth-order valence-corrected chi connectivity index (χ4v) is 4.72. The molecule has 1 aliphatic heterocycles. The van der Waals surface area contributed by atoms with Gasteiger partial charge in [-0.1, -0.05) is 12.8 Å². The van der Waals surface area contributed by atoms with Crippen LogP contribution in [0.1, 0.15) is 57.8 Å². The van der Waals surface area contributed by atoms with Crippen molar-refractivity contribution in [1.29, 1.82) is 0 Å². The first-order chi connectivity index (χ1) is 8.83. The smallest absolute Gasteiger partial charge is 0.0685 e. The number of ether oxygens (including phenoxy) is 1. The molecule has 104 valence electrons. The van der Waals surface area contributed by atoms with E-state index in [1.54, 1.807) is 0 Å². The van der Waals surface area contributed by atoms with E-state index in [0.29, 0.717) is 5.60 Å². The summed E-state index contributed by atoms with van der Waals surface area (Å²) in [5.41, 5.74) is 0.338. The third-order valence-corrected chi connectivity index (χ3v) is 5.84. The number of hydrogen-bond donors (Lipinski definition) is 1. The summed E-state index contributed by atoms with van der Waals surface area (Å²) in [7, 11) is 2.11. The number of nitrogens with one attached hydrogen (secondary N) is 1. The molecule has 0 amide bonds. The van der Waals surface area contributed by atoms with Crippen molar-refractivity contribution in [3.8, 4) is 0 Å². The fourth-order valence-electron chi connectivity index (χ4n) is 4.72. The zero-order valence-corrected chi connectivity index (χ0v) is 11.9. The first-order valence-corrected chi connectivity index (χ1v) is 8.11. The van der Waals surface area contributed by atoms with Crippen molar-refractivity contribution in [3.63, 3.8) is 0 Å². The maximum Gasteiger partial charge on any atom is 0.0685 e. The molecular formula is C16H29NO. The van der Waals surface area contributed by atoms with E-state index in [1.807, 2.05) is 0 Å². The van der Waals surface area contributed by atoms with Crippen LogP contribution in [0.25, 0.3) is 0 Å². The van der Waals surface area contributed by atoms with Gasteiger partial charge in [0.15, 0.2) is 0 Å². The Morgan fingerprint density at radius 1 is 1.11 bits per heavy atom. The summed E-state index contributed by atoms with van der Waals surface area (Å²) in [6.45, 7) is 2.27. The first-order valence-electron chi connectivity index (χ1n) is 8.11. The summed E-state index contributed by atoms with van der Waals surface area (Å²) in [5, 5.41) is 3.42. The van der Waals surface area contributed by atoms with Gasteiger partial charge in [0.1, 0.15) is 0 Å². The summed E-state index contributed by atoms with van der Waals surface area (Å²) < 4.78 is 6.10. The van der Waals surface area contributed by atoms with Gasteiger partial charge in [-0.05, 0) is 76.3 Å². The molecule has 18 heavy (non-hydrogen) atoms. The van der Waals surface area contributed by atoms with E-state index in [9.17, 15) is 0 Å². The standard InChI is InChI=1S/C16H29NO/c1-17-12-14-5-2-3-6-15(14)13-7-10-18-16(11-13)8-4-9-16/h13-15,17H,2-12H2,1H3. The van der Waals surface area contributed by atoms with Crippen molar-refractivity contribution in [1.82, 2.24) is 5.32 Å². The topological polar surface area (TPSA) is 21.3 Å². The Kier molecular flexibility index (Phi) is 3.95. The molecule has 3 fully saturated rings. The Labute approximate surface area is 112 Å². The van der Waals surface area contributed by atoms with Crippen LogP contribution in [0.3, 0.4) is 0 Å². The SMILES string of the molecule is CNCC1CCCCC1C1CCOC2(CCC2)C1. The summed E-state index contributed by atoms with van der Waals surface area (Å²) in [6, 6.07) is 0. The third-order valence-electron chi connectivity index (χ3n) is 5.84.